The monoisotopic (exact) mass is 274 g/mol. The minimum absolute atomic E-state index is 0.221. The number of imidazole rings is 1. The number of para-hydroxylation sites is 2. The molecule has 5 heteroatoms. The highest BCUT2D eigenvalue weighted by Gasteiger charge is 2.12. The smallest absolute Gasteiger partial charge is 0.331 e. The van der Waals surface area contributed by atoms with Gasteiger partial charge in [0, 0.05) is 5.02 Å². The van der Waals surface area contributed by atoms with Crippen molar-refractivity contribution in [2.75, 3.05) is 7.11 Å². The van der Waals surface area contributed by atoms with Gasteiger partial charge in [-0.05, 0) is 30.3 Å². The van der Waals surface area contributed by atoms with Gasteiger partial charge in [-0.1, -0.05) is 23.7 Å². The molecule has 3 rings (SSSR count). The molecule has 2 aromatic carbocycles. The maximum absolute atomic E-state index is 12.1. The molecule has 0 unspecified atom stereocenters. The van der Waals surface area contributed by atoms with E-state index >= 15 is 0 Å². The first kappa shape index (κ1) is 11.9. The zero-order chi connectivity index (χ0) is 13.4. The van der Waals surface area contributed by atoms with E-state index in [0.29, 0.717) is 16.5 Å². The molecule has 0 saturated carbocycles. The second-order valence-corrected chi connectivity index (χ2v) is 4.54. The molecule has 0 spiro atoms. The molecular formula is C14H11ClN2O2. The molecule has 96 valence electrons. The summed E-state index contributed by atoms with van der Waals surface area (Å²) in [6.07, 6.45) is 0. The first-order valence-corrected chi connectivity index (χ1v) is 6.12. The van der Waals surface area contributed by atoms with Crippen LogP contribution in [0.15, 0.2) is 47.3 Å². The number of aromatic amines is 1. The Kier molecular flexibility index (Phi) is 2.80. The molecule has 4 nitrogen and oxygen atoms in total. The molecular weight excluding hydrogens is 264 g/mol. The number of ether oxygens (including phenoxy) is 1. The summed E-state index contributed by atoms with van der Waals surface area (Å²) in [4.78, 5) is 14.9. The number of H-pyrrole nitrogens is 1. The second kappa shape index (κ2) is 4.48. The van der Waals surface area contributed by atoms with E-state index in [9.17, 15) is 4.79 Å². The number of hydrogen-bond donors (Lipinski definition) is 1. The summed E-state index contributed by atoms with van der Waals surface area (Å²) in [7, 11) is 1.56. The number of halogens is 1. The normalized spacial score (nSPS) is 10.8. The van der Waals surface area contributed by atoms with Crippen LogP contribution >= 0.6 is 11.6 Å². The van der Waals surface area contributed by atoms with Crippen molar-refractivity contribution in [1.29, 1.82) is 0 Å². The third-order valence-corrected chi connectivity index (χ3v) is 3.21. The van der Waals surface area contributed by atoms with Crippen LogP contribution in [0.5, 0.6) is 5.75 Å². The predicted octanol–water partition coefficient (Wildman–Crippen LogP) is 2.98. The highest BCUT2D eigenvalue weighted by atomic mass is 35.5. The van der Waals surface area contributed by atoms with Gasteiger partial charge in [0.15, 0.2) is 0 Å². The van der Waals surface area contributed by atoms with Crippen molar-refractivity contribution in [2.45, 2.75) is 0 Å². The number of nitrogens with zero attached hydrogens (tertiary/aromatic N) is 1. The second-order valence-electron chi connectivity index (χ2n) is 4.10. The Morgan fingerprint density at radius 3 is 2.79 bits per heavy atom. The van der Waals surface area contributed by atoms with Crippen molar-refractivity contribution in [1.82, 2.24) is 9.55 Å². The van der Waals surface area contributed by atoms with Gasteiger partial charge in [-0.25, -0.2) is 4.79 Å². The van der Waals surface area contributed by atoms with Gasteiger partial charge in [-0.15, -0.1) is 0 Å². The van der Waals surface area contributed by atoms with Crippen LogP contribution in [0.1, 0.15) is 0 Å². The fraction of sp³-hybridized carbons (Fsp3) is 0.0714. The zero-order valence-electron chi connectivity index (χ0n) is 10.2. The van der Waals surface area contributed by atoms with E-state index in [1.54, 1.807) is 29.9 Å². The van der Waals surface area contributed by atoms with Crippen molar-refractivity contribution in [3.05, 3.63) is 58.0 Å². The van der Waals surface area contributed by atoms with E-state index in [4.69, 9.17) is 16.3 Å². The van der Waals surface area contributed by atoms with Crippen molar-refractivity contribution < 1.29 is 4.74 Å². The van der Waals surface area contributed by atoms with Crippen LogP contribution in [-0.4, -0.2) is 16.7 Å². The molecule has 0 aliphatic rings. The number of nitrogens with one attached hydrogen (secondary N) is 1. The number of hydrogen-bond acceptors (Lipinski definition) is 2. The van der Waals surface area contributed by atoms with Crippen molar-refractivity contribution in [2.24, 2.45) is 0 Å². The Morgan fingerprint density at radius 1 is 1.21 bits per heavy atom. The molecule has 0 amide bonds. The molecule has 1 aromatic heterocycles. The summed E-state index contributed by atoms with van der Waals surface area (Å²) in [5.41, 5.74) is 1.96. The maximum Gasteiger partial charge on any atom is 0.331 e. The number of methoxy groups -OCH3 is 1. The van der Waals surface area contributed by atoms with E-state index in [-0.39, 0.29) is 5.69 Å². The van der Waals surface area contributed by atoms with Crippen LogP contribution < -0.4 is 10.4 Å². The lowest BCUT2D eigenvalue weighted by atomic mass is 10.2. The van der Waals surface area contributed by atoms with Crippen LogP contribution in [0.3, 0.4) is 0 Å². The third-order valence-electron chi connectivity index (χ3n) is 2.97. The Hall–Kier alpha value is -2.20. The summed E-state index contributed by atoms with van der Waals surface area (Å²) >= 11 is 6.01. The van der Waals surface area contributed by atoms with Crippen LogP contribution in [0.25, 0.3) is 16.7 Å². The Balaban J connectivity index is 2.39. The topological polar surface area (TPSA) is 47.0 Å². The summed E-state index contributed by atoms with van der Waals surface area (Å²) in [5.74, 6) is 0.594. The maximum atomic E-state index is 12.1. The molecule has 0 radical (unpaired) electrons. The quantitative estimate of drug-likeness (QED) is 0.781. The van der Waals surface area contributed by atoms with Crippen molar-refractivity contribution in [3.8, 4) is 11.4 Å². The largest absolute Gasteiger partial charge is 0.495 e. The fourth-order valence-corrected chi connectivity index (χ4v) is 2.30. The van der Waals surface area contributed by atoms with Gasteiger partial charge >= 0.3 is 5.69 Å². The number of benzene rings is 2. The van der Waals surface area contributed by atoms with E-state index in [2.05, 4.69) is 4.98 Å². The number of fused-ring (bicyclic) bond motifs is 1. The van der Waals surface area contributed by atoms with E-state index in [1.807, 2.05) is 24.3 Å². The molecule has 0 fully saturated rings. The van der Waals surface area contributed by atoms with Gasteiger partial charge in [0.25, 0.3) is 0 Å². The van der Waals surface area contributed by atoms with E-state index in [1.165, 1.54) is 0 Å². The summed E-state index contributed by atoms with van der Waals surface area (Å²) in [5, 5.41) is 0.549. The van der Waals surface area contributed by atoms with Gasteiger partial charge in [0.2, 0.25) is 0 Å². The lowest BCUT2D eigenvalue weighted by Gasteiger charge is -2.09. The third kappa shape index (κ3) is 1.90. The van der Waals surface area contributed by atoms with Gasteiger partial charge < -0.3 is 9.72 Å². The highest BCUT2D eigenvalue weighted by Crippen LogP contribution is 2.27. The molecule has 3 aromatic rings. The van der Waals surface area contributed by atoms with Gasteiger partial charge in [0.1, 0.15) is 5.75 Å². The highest BCUT2D eigenvalue weighted by molar-refractivity contribution is 6.30. The molecule has 0 bridgehead atoms. The Morgan fingerprint density at radius 2 is 2.00 bits per heavy atom. The minimum atomic E-state index is -0.221. The van der Waals surface area contributed by atoms with E-state index in [0.717, 1.165) is 11.0 Å². The molecule has 0 saturated heterocycles. The van der Waals surface area contributed by atoms with Crippen molar-refractivity contribution >= 4 is 22.6 Å². The molecule has 0 aliphatic carbocycles. The van der Waals surface area contributed by atoms with Crippen LogP contribution in [-0.2, 0) is 0 Å². The Bertz CT molecular complexity index is 805. The summed E-state index contributed by atoms with van der Waals surface area (Å²) < 4.78 is 6.85. The lowest BCUT2D eigenvalue weighted by molar-refractivity contribution is 0.413. The number of aromatic nitrogens is 2. The van der Waals surface area contributed by atoms with Gasteiger partial charge in [-0.2, -0.15) is 0 Å². The van der Waals surface area contributed by atoms with E-state index < -0.39 is 0 Å². The first-order chi connectivity index (χ1) is 9.20. The summed E-state index contributed by atoms with van der Waals surface area (Å²) in [6, 6.07) is 12.6. The van der Waals surface area contributed by atoms with Crippen LogP contribution in [0.2, 0.25) is 5.02 Å². The van der Waals surface area contributed by atoms with Crippen LogP contribution in [0.4, 0.5) is 0 Å². The molecule has 0 aliphatic heterocycles. The molecule has 1 N–H and O–H groups in total. The predicted molar refractivity (Wildman–Crippen MR) is 75.5 cm³/mol. The zero-order valence-corrected chi connectivity index (χ0v) is 10.9. The molecule has 0 atom stereocenters. The average molecular weight is 275 g/mol. The first-order valence-electron chi connectivity index (χ1n) is 5.74. The molecule has 19 heavy (non-hydrogen) atoms. The lowest BCUT2D eigenvalue weighted by Crippen LogP contribution is -2.15. The Labute approximate surface area is 114 Å². The minimum Gasteiger partial charge on any atom is -0.495 e. The SMILES string of the molecule is COc1ccc(Cl)cc1-n1c(=O)[nH]c2ccccc21. The summed E-state index contributed by atoms with van der Waals surface area (Å²) in [6.45, 7) is 0. The fourth-order valence-electron chi connectivity index (χ4n) is 2.13. The standard InChI is InChI=1S/C14H11ClN2O2/c1-19-13-7-6-9(15)8-12(13)17-11-5-3-2-4-10(11)16-14(17)18/h2-8H,1H3,(H,16,18). The molecule has 1 heterocycles. The van der Waals surface area contributed by atoms with Gasteiger partial charge in [-0.3, -0.25) is 4.57 Å². The average Bonchev–Trinajstić information content (AvgIpc) is 2.74. The van der Waals surface area contributed by atoms with Crippen molar-refractivity contribution in [3.63, 3.8) is 0 Å². The van der Waals surface area contributed by atoms with Gasteiger partial charge in [0.05, 0.1) is 23.8 Å². The number of rotatable bonds is 2. The van der Waals surface area contributed by atoms with Crippen LogP contribution in [0, 0.1) is 0 Å².